The molecule has 0 bridgehead atoms. The zero-order valence-corrected chi connectivity index (χ0v) is 13.2. The molecule has 110 valence electrons. The maximum Gasteiger partial charge on any atom is 0.0258 e. The Morgan fingerprint density at radius 2 is 1.79 bits per heavy atom. The minimum Gasteiger partial charge on any atom is -0.271 e. The molecule has 0 aromatic carbocycles. The van der Waals surface area contributed by atoms with Crippen LogP contribution in [0.1, 0.15) is 69.6 Å². The minimum atomic E-state index is 0.443. The molecule has 0 radical (unpaired) electrons. The Morgan fingerprint density at radius 1 is 1.11 bits per heavy atom. The average Bonchev–Trinajstić information content (AvgIpc) is 2.93. The standard InChI is InChI=1S/C16H30N2S/c1-2-3-4-5-6-7-8-9-11-15(18-17)14-16-12-10-13-19-16/h10,12-13,15,18H,2-9,11,14,17H2,1H3. The number of nitrogens with two attached hydrogens (primary N) is 1. The van der Waals surface area contributed by atoms with Crippen molar-refractivity contribution in [3.8, 4) is 0 Å². The van der Waals surface area contributed by atoms with Gasteiger partial charge in [0, 0.05) is 10.9 Å². The van der Waals surface area contributed by atoms with E-state index in [9.17, 15) is 0 Å². The van der Waals surface area contributed by atoms with E-state index in [1.54, 1.807) is 0 Å². The van der Waals surface area contributed by atoms with Gasteiger partial charge in [0.15, 0.2) is 0 Å². The summed E-state index contributed by atoms with van der Waals surface area (Å²) in [6.45, 7) is 2.27. The highest BCUT2D eigenvalue weighted by molar-refractivity contribution is 7.09. The van der Waals surface area contributed by atoms with Gasteiger partial charge in [-0.3, -0.25) is 11.3 Å². The highest BCUT2D eigenvalue weighted by Gasteiger charge is 2.07. The first-order valence-electron chi connectivity index (χ1n) is 7.85. The maximum absolute atomic E-state index is 5.64. The third kappa shape index (κ3) is 8.40. The summed E-state index contributed by atoms with van der Waals surface area (Å²) < 4.78 is 0. The fourth-order valence-electron chi connectivity index (χ4n) is 2.44. The summed E-state index contributed by atoms with van der Waals surface area (Å²) in [6.07, 6.45) is 13.3. The Bertz CT molecular complexity index is 285. The van der Waals surface area contributed by atoms with E-state index in [0.717, 1.165) is 6.42 Å². The first kappa shape index (κ1) is 16.7. The van der Waals surface area contributed by atoms with E-state index in [1.165, 1.54) is 62.7 Å². The molecule has 3 N–H and O–H groups in total. The molecule has 19 heavy (non-hydrogen) atoms. The van der Waals surface area contributed by atoms with Gasteiger partial charge >= 0.3 is 0 Å². The van der Waals surface area contributed by atoms with Crippen LogP contribution in [-0.4, -0.2) is 6.04 Å². The monoisotopic (exact) mass is 282 g/mol. The van der Waals surface area contributed by atoms with Crippen molar-refractivity contribution in [2.75, 3.05) is 0 Å². The fourth-order valence-corrected chi connectivity index (χ4v) is 3.23. The van der Waals surface area contributed by atoms with E-state index in [-0.39, 0.29) is 0 Å². The Hall–Kier alpha value is -0.380. The maximum atomic E-state index is 5.64. The highest BCUT2D eigenvalue weighted by Crippen LogP contribution is 2.15. The number of unbranched alkanes of at least 4 members (excludes halogenated alkanes) is 7. The molecule has 1 aromatic rings. The Labute approximate surface area is 122 Å². The lowest BCUT2D eigenvalue weighted by atomic mass is 10.0. The molecule has 0 fully saturated rings. The van der Waals surface area contributed by atoms with E-state index >= 15 is 0 Å². The molecule has 2 nitrogen and oxygen atoms in total. The van der Waals surface area contributed by atoms with Gasteiger partial charge in [-0.05, 0) is 24.3 Å². The smallest absolute Gasteiger partial charge is 0.0258 e. The topological polar surface area (TPSA) is 38.0 Å². The van der Waals surface area contributed by atoms with E-state index in [1.807, 2.05) is 11.3 Å². The molecule has 0 spiro atoms. The number of hydrogen-bond donors (Lipinski definition) is 2. The summed E-state index contributed by atoms with van der Waals surface area (Å²) in [5.74, 6) is 5.64. The lowest BCUT2D eigenvalue weighted by Crippen LogP contribution is -2.36. The lowest BCUT2D eigenvalue weighted by molar-refractivity contribution is 0.460. The van der Waals surface area contributed by atoms with Crippen LogP contribution >= 0.6 is 11.3 Å². The average molecular weight is 282 g/mol. The van der Waals surface area contributed by atoms with Crippen LogP contribution in [0.25, 0.3) is 0 Å². The van der Waals surface area contributed by atoms with Crippen molar-refractivity contribution in [3.63, 3.8) is 0 Å². The zero-order valence-electron chi connectivity index (χ0n) is 12.4. The van der Waals surface area contributed by atoms with E-state index in [0.29, 0.717) is 6.04 Å². The summed E-state index contributed by atoms with van der Waals surface area (Å²) in [7, 11) is 0. The van der Waals surface area contributed by atoms with Crippen molar-refractivity contribution in [1.82, 2.24) is 5.43 Å². The second-order valence-corrected chi connectivity index (χ2v) is 6.44. The van der Waals surface area contributed by atoms with E-state index in [2.05, 4.69) is 29.9 Å². The van der Waals surface area contributed by atoms with Crippen LogP contribution < -0.4 is 11.3 Å². The van der Waals surface area contributed by atoms with Gasteiger partial charge in [0.05, 0.1) is 0 Å². The second kappa shape index (κ2) is 11.4. The summed E-state index contributed by atoms with van der Waals surface area (Å²) in [5, 5.41) is 2.14. The normalized spacial score (nSPS) is 12.7. The SMILES string of the molecule is CCCCCCCCCCC(Cc1cccs1)NN. The molecule has 0 amide bonds. The van der Waals surface area contributed by atoms with Crippen LogP contribution in [0.5, 0.6) is 0 Å². The zero-order chi connectivity index (χ0) is 13.8. The van der Waals surface area contributed by atoms with Gasteiger partial charge in [0.1, 0.15) is 0 Å². The van der Waals surface area contributed by atoms with Gasteiger partial charge < -0.3 is 0 Å². The fraction of sp³-hybridized carbons (Fsp3) is 0.750. The molecule has 0 saturated carbocycles. The van der Waals surface area contributed by atoms with Gasteiger partial charge in [-0.2, -0.15) is 0 Å². The Kier molecular flexibility index (Phi) is 10.0. The van der Waals surface area contributed by atoms with E-state index in [4.69, 9.17) is 5.84 Å². The lowest BCUT2D eigenvalue weighted by Gasteiger charge is -2.14. The summed E-state index contributed by atoms with van der Waals surface area (Å²) >= 11 is 1.83. The van der Waals surface area contributed by atoms with Crippen molar-refractivity contribution >= 4 is 11.3 Å². The van der Waals surface area contributed by atoms with Gasteiger partial charge in [0.2, 0.25) is 0 Å². The number of rotatable bonds is 12. The van der Waals surface area contributed by atoms with Gasteiger partial charge in [-0.25, -0.2) is 0 Å². The molecule has 1 atom stereocenters. The number of nitrogens with one attached hydrogen (secondary N) is 1. The van der Waals surface area contributed by atoms with Crippen molar-refractivity contribution < 1.29 is 0 Å². The highest BCUT2D eigenvalue weighted by atomic mass is 32.1. The quantitative estimate of drug-likeness (QED) is 0.332. The third-order valence-electron chi connectivity index (χ3n) is 3.67. The van der Waals surface area contributed by atoms with Crippen molar-refractivity contribution in [1.29, 1.82) is 0 Å². The molecule has 0 aliphatic carbocycles. The summed E-state index contributed by atoms with van der Waals surface area (Å²) in [4.78, 5) is 1.43. The number of hydrazine groups is 1. The minimum absolute atomic E-state index is 0.443. The molecule has 1 unspecified atom stereocenters. The molecule has 1 rings (SSSR count). The van der Waals surface area contributed by atoms with Crippen LogP contribution in [0.15, 0.2) is 17.5 Å². The third-order valence-corrected chi connectivity index (χ3v) is 4.57. The van der Waals surface area contributed by atoms with Crippen LogP contribution in [-0.2, 0) is 6.42 Å². The van der Waals surface area contributed by atoms with Crippen LogP contribution in [0.4, 0.5) is 0 Å². The van der Waals surface area contributed by atoms with Crippen molar-refractivity contribution in [2.24, 2.45) is 5.84 Å². The summed E-state index contributed by atoms with van der Waals surface area (Å²) in [5.41, 5.74) is 2.97. The summed E-state index contributed by atoms with van der Waals surface area (Å²) in [6, 6.07) is 4.76. The Balaban J connectivity index is 1.97. The molecule has 1 heterocycles. The largest absolute Gasteiger partial charge is 0.271 e. The van der Waals surface area contributed by atoms with Gasteiger partial charge in [0.25, 0.3) is 0 Å². The number of hydrogen-bond acceptors (Lipinski definition) is 3. The van der Waals surface area contributed by atoms with Crippen LogP contribution in [0.2, 0.25) is 0 Å². The Morgan fingerprint density at radius 3 is 2.37 bits per heavy atom. The molecule has 0 aliphatic rings. The van der Waals surface area contributed by atoms with Crippen molar-refractivity contribution in [2.45, 2.75) is 77.2 Å². The number of thiophene rings is 1. The second-order valence-electron chi connectivity index (χ2n) is 5.41. The molecule has 1 aromatic heterocycles. The molecule has 0 aliphatic heterocycles. The van der Waals surface area contributed by atoms with E-state index < -0.39 is 0 Å². The first-order chi connectivity index (χ1) is 9.36. The first-order valence-corrected chi connectivity index (χ1v) is 8.73. The van der Waals surface area contributed by atoms with Gasteiger partial charge in [-0.1, -0.05) is 64.4 Å². The molecule has 0 saturated heterocycles. The van der Waals surface area contributed by atoms with Crippen LogP contribution in [0.3, 0.4) is 0 Å². The predicted molar refractivity (Wildman–Crippen MR) is 86.4 cm³/mol. The van der Waals surface area contributed by atoms with Crippen molar-refractivity contribution in [3.05, 3.63) is 22.4 Å². The predicted octanol–water partition coefficient (Wildman–Crippen LogP) is 4.65. The van der Waals surface area contributed by atoms with Gasteiger partial charge in [-0.15, -0.1) is 11.3 Å². The molecule has 3 heteroatoms. The molecular formula is C16H30N2S. The van der Waals surface area contributed by atoms with Crippen LogP contribution in [0, 0.1) is 0 Å². The molecular weight excluding hydrogens is 252 g/mol.